The van der Waals surface area contributed by atoms with Crippen LogP contribution in [-0.4, -0.2) is 4.98 Å². The summed E-state index contributed by atoms with van der Waals surface area (Å²) < 4.78 is 0. The molecule has 0 spiro atoms. The lowest BCUT2D eigenvalue weighted by Crippen LogP contribution is -1.74. The van der Waals surface area contributed by atoms with E-state index < -0.39 is 0 Å². The second kappa shape index (κ2) is 4.19. The highest BCUT2D eigenvalue weighted by Gasteiger charge is 2.00. The highest BCUT2D eigenvalue weighted by Crippen LogP contribution is 2.23. The van der Waals surface area contributed by atoms with Crippen LogP contribution in [0.1, 0.15) is 0 Å². The van der Waals surface area contributed by atoms with Gasteiger partial charge in [-0.05, 0) is 17.7 Å². The van der Waals surface area contributed by atoms with E-state index in [1.54, 1.807) is 0 Å². The molecule has 0 radical (unpaired) electrons. The number of fused-ring (bicyclic) bond motifs is 1. The molecule has 0 unspecified atom stereocenters. The van der Waals surface area contributed by atoms with E-state index in [0.29, 0.717) is 0 Å². The number of H-pyrrole nitrogens is 1. The summed E-state index contributed by atoms with van der Waals surface area (Å²) in [5, 5.41) is 1.26. The van der Waals surface area contributed by atoms with Gasteiger partial charge in [-0.15, -0.1) is 0 Å². The predicted molar refractivity (Wildman–Crippen MR) is 66.2 cm³/mol. The molecule has 1 heterocycles. The van der Waals surface area contributed by atoms with Crippen LogP contribution >= 0.6 is 0 Å². The normalized spacial score (nSPS) is 10.0. The maximum Gasteiger partial charge on any atom is 0.0464 e. The van der Waals surface area contributed by atoms with Crippen LogP contribution < -0.4 is 0 Å². The average Bonchev–Trinajstić information content (AvgIpc) is 2.74. The zero-order chi connectivity index (χ0) is 10.1. The first-order valence-electron chi connectivity index (χ1n) is 5.07. The van der Waals surface area contributed by atoms with Gasteiger partial charge in [0, 0.05) is 16.6 Å². The van der Waals surface area contributed by atoms with Gasteiger partial charge >= 0.3 is 0 Å². The minimum absolute atomic E-state index is 0. The van der Waals surface area contributed by atoms with Gasteiger partial charge < -0.3 is 4.98 Å². The maximum absolute atomic E-state index is 3.41. The number of aromatic amines is 1. The molecule has 2 aromatic carbocycles. The average molecular weight is 213 g/mol. The molecule has 0 fully saturated rings. The first-order valence-corrected chi connectivity index (χ1v) is 5.07. The van der Waals surface area contributed by atoms with Crippen molar-refractivity contribution in [3.63, 3.8) is 0 Å². The zero-order valence-electron chi connectivity index (χ0n) is 8.68. The van der Waals surface area contributed by atoms with Crippen molar-refractivity contribution < 1.29 is 4.70 Å². The highest BCUT2D eigenvalue weighted by atomic mass is 19.0. The zero-order valence-corrected chi connectivity index (χ0v) is 8.68. The van der Waals surface area contributed by atoms with Crippen molar-refractivity contribution in [2.45, 2.75) is 0 Å². The van der Waals surface area contributed by atoms with Crippen LogP contribution in [0.5, 0.6) is 0 Å². The van der Waals surface area contributed by atoms with Gasteiger partial charge in [-0.1, -0.05) is 48.5 Å². The molecule has 2 heteroatoms. The SMILES string of the molecule is F.c1ccc(-c2cc3ccccc3[nH]2)cc1. The van der Waals surface area contributed by atoms with Crippen LogP contribution in [0.4, 0.5) is 4.70 Å². The van der Waals surface area contributed by atoms with Crippen LogP contribution in [0.15, 0.2) is 60.7 Å². The quantitative estimate of drug-likeness (QED) is 0.629. The van der Waals surface area contributed by atoms with Crippen molar-refractivity contribution in [3.8, 4) is 11.3 Å². The summed E-state index contributed by atoms with van der Waals surface area (Å²) in [5.74, 6) is 0. The molecule has 16 heavy (non-hydrogen) atoms. The Morgan fingerprint density at radius 2 is 1.44 bits per heavy atom. The largest absolute Gasteiger partial charge is 0.355 e. The van der Waals surface area contributed by atoms with Gasteiger partial charge in [-0.3, -0.25) is 4.70 Å². The third-order valence-electron chi connectivity index (χ3n) is 2.61. The summed E-state index contributed by atoms with van der Waals surface area (Å²) in [6.45, 7) is 0. The van der Waals surface area contributed by atoms with Crippen molar-refractivity contribution in [1.29, 1.82) is 0 Å². The number of para-hydroxylation sites is 1. The van der Waals surface area contributed by atoms with Crippen molar-refractivity contribution in [2.24, 2.45) is 0 Å². The highest BCUT2D eigenvalue weighted by molar-refractivity contribution is 5.85. The van der Waals surface area contributed by atoms with E-state index in [1.165, 1.54) is 22.2 Å². The fourth-order valence-electron chi connectivity index (χ4n) is 1.85. The molecule has 0 atom stereocenters. The number of halogens is 1. The molecule has 0 aliphatic heterocycles. The molecular weight excluding hydrogens is 201 g/mol. The van der Waals surface area contributed by atoms with E-state index in [4.69, 9.17) is 0 Å². The van der Waals surface area contributed by atoms with E-state index in [2.05, 4.69) is 53.5 Å². The minimum atomic E-state index is 0. The van der Waals surface area contributed by atoms with Crippen molar-refractivity contribution >= 4 is 10.9 Å². The molecule has 1 N–H and O–H groups in total. The second-order valence-corrected chi connectivity index (χ2v) is 3.64. The summed E-state index contributed by atoms with van der Waals surface area (Å²) >= 11 is 0. The molecule has 1 nitrogen and oxygen atoms in total. The molecule has 0 bridgehead atoms. The topological polar surface area (TPSA) is 15.8 Å². The fraction of sp³-hybridized carbons (Fsp3) is 0. The van der Waals surface area contributed by atoms with Gasteiger partial charge in [0.15, 0.2) is 0 Å². The third-order valence-corrected chi connectivity index (χ3v) is 2.61. The number of nitrogens with one attached hydrogen (secondary N) is 1. The number of rotatable bonds is 1. The van der Waals surface area contributed by atoms with E-state index in [-0.39, 0.29) is 4.70 Å². The van der Waals surface area contributed by atoms with Gasteiger partial charge in [0.05, 0.1) is 0 Å². The lowest BCUT2D eigenvalue weighted by atomic mass is 10.1. The van der Waals surface area contributed by atoms with Gasteiger partial charge in [-0.2, -0.15) is 0 Å². The minimum Gasteiger partial charge on any atom is -0.355 e. The molecule has 0 amide bonds. The van der Waals surface area contributed by atoms with Gasteiger partial charge in [0.1, 0.15) is 0 Å². The Morgan fingerprint density at radius 3 is 2.19 bits per heavy atom. The summed E-state index contributed by atoms with van der Waals surface area (Å²) in [6.07, 6.45) is 0. The van der Waals surface area contributed by atoms with Crippen molar-refractivity contribution in [2.75, 3.05) is 0 Å². The van der Waals surface area contributed by atoms with Crippen molar-refractivity contribution in [1.82, 2.24) is 4.98 Å². The molecule has 1 aromatic heterocycles. The Balaban J connectivity index is 0.000000963. The molecule has 3 rings (SSSR count). The molecule has 0 aliphatic rings. The standard InChI is InChI=1S/C14H11N.FH/c1-2-6-11(7-3-1)14-10-12-8-4-5-9-13(12)15-14;/h1-10,15H;1H. The first kappa shape index (κ1) is 10.4. The predicted octanol–water partition coefficient (Wildman–Crippen LogP) is 3.99. The van der Waals surface area contributed by atoms with E-state index in [1.807, 2.05) is 12.1 Å². The molecule has 0 aliphatic carbocycles. The number of aromatic nitrogens is 1. The van der Waals surface area contributed by atoms with Gasteiger partial charge in [0.25, 0.3) is 0 Å². The van der Waals surface area contributed by atoms with Crippen LogP contribution in [0.3, 0.4) is 0 Å². The lowest BCUT2D eigenvalue weighted by molar-refractivity contribution is 1.11. The Morgan fingerprint density at radius 1 is 0.750 bits per heavy atom. The Bertz CT molecular complexity index is 551. The summed E-state index contributed by atoms with van der Waals surface area (Å²) in [6, 6.07) is 20.9. The molecule has 80 valence electrons. The maximum atomic E-state index is 3.41. The molecule has 0 saturated carbocycles. The lowest BCUT2D eigenvalue weighted by Gasteiger charge is -1.94. The monoisotopic (exact) mass is 213 g/mol. The molecule has 0 saturated heterocycles. The number of hydrogen-bond acceptors (Lipinski definition) is 0. The van der Waals surface area contributed by atoms with Crippen molar-refractivity contribution in [3.05, 3.63) is 60.7 Å². The Kier molecular flexibility index (Phi) is 2.73. The second-order valence-electron chi connectivity index (χ2n) is 3.64. The first-order chi connectivity index (χ1) is 7.43. The Hall–Kier alpha value is -2.09. The smallest absolute Gasteiger partial charge is 0.0464 e. The van der Waals surface area contributed by atoms with Gasteiger partial charge in [0.2, 0.25) is 0 Å². The van der Waals surface area contributed by atoms with Crippen LogP contribution in [0.2, 0.25) is 0 Å². The van der Waals surface area contributed by atoms with Crippen LogP contribution in [0.25, 0.3) is 22.2 Å². The van der Waals surface area contributed by atoms with Gasteiger partial charge in [-0.25, -0.2) is 0 Å². The van der Waals surface area contributed by atoms with E-state index in [9.17, 15) is 0 Å². The van der Waals surface area contributed by atoms with E-state index in [0.717, 1.165) is 0 Å². The summed E-state index contributed by atoms with van der Waals surface area (Å²) in [5.41, 5.74) is 3.60. The molecular formula is C14H12FN. The van der Waals surface area contributed by atoms with Crippen LogP contribution in [0, 0.1) is 0 Å². The number of benzene rings is 2. The Labute approximate surface area is 93.1 Å². The van der Waals surface area contributed by atoms with E-state index >= 15 is 0 Å². The molecule has 3 aromatic rings. The van der Waals surface area contributed by atoms with Crippen LogP contribution in [-0.2, 0) is 0 Å². The summed E-state index contributed by atoms with van der Waals surface area (Å²) in [4.78, 5) is 3.41. The number of hydrogen-bond donors (Lipinski definition) is 1. The summed E-state index contributed by atoms with van der Waals surface area (Å²) in [7, 11) is 0. The fourth-order valence-corrected chi connectivity index (χ4v) is 1.85. The third kappa shape index (κ3) is 1.70.